The Hall–Kier alpha value is -2.63. The van der Waals surface area contributed by atoms with Gasteiger partial charge in [-0.25, -0.2) is 0 Å². The second-order valence-electron chi connectivity index (χ2n) is 23.1. The van der Waals surface area contributed by atoms with Crippen LogP contribution in [0.2, 0.25) is 0 Å². The minimum absolute atomic E-state index is 0.0726. The van der Waals surface area contributed by atoms with Gasteiger partial charge in [0.2, 0.25) is 0 Å². The maximum atomic E-state index is 12.9. The van der Waals surface area contributed by atoms with Crippen molar-refractivity contribution in [3.8, 4) is 0 Å². The highest BCUT2D eigenvalue weighted by Crippen LogP contribution is 2.17. The third kappa shape index (κ3) is 64.1. The maximum absolute atomic E-state index is 12.9. The van der Waals surface area contributed by atoms with Gasteiger partial charge in [-0.05, 0) is 103 Å². The summed E-state index contributed by atoms with van der Waals surface area (Å²) in [5.41, 5.74) is 0. The molecule has 0 amide bonds. The number of ether oxygens (including phenoxy) is 3. The molecule has 0 aliphatic heterocycles. The van der Waals surface area contributed by atoms with Crippen LogP contribution in [-0.4, -0.2) is 37.2 Å². The lowest BCUT2D eigenvalue weighted by Gasteiger charge is -2.18. The number of carbonyl (C=O) groups excluding carboxylic acids is 3. The zero-order chi connectivity index (χ0) is 55.7. The number of allylic oxidation sites excluding steroid dienone is 8. The van der Waals surface area contributed by atoms with Crippen LogP contribution in [0.15, 0.2) is 48.6 Å². The highest BCUT2D eigenvalue weighted by Gasteiger charge is 2.19. The van der Waals surface area contributed by atoms with Crippen LogP contribution in [0.25, 0.3) is 0 Å². The third-order valence-corrected chi connectivity index (χ3v) is 15.3. The number of esters is 3. The number of unbranched alkanes of at least 4 members (excludes halogenated alkanes) is 44. The lowest BCUT2D eigenvalue weighted by Crippen LogP contribution is -2.30. The summed E-state index contributed by atoms with van der Waals surface area (Å²) in [6.07, 6.45) is 82.6. The summed E-state index contributed by atoms with van der Waals surface area (Å²) in [5.74, 6) is -0.856. The van der Waals surface area contributed by atoms with Crippen LogP contribution in [-0.2, 0) is 28.6 Å². The van der Waals surface area contributed by atoms with Gasteiger partial charge in [-0.1, -0.05) is 294 Å². The molecule has 0 radical (unpaired) electrons. The molecule has 0 aliphatic rings. The van der Waals surface area contributed by atoms with Gasteiger partial charge in [0.1, 0.15) is 13.2 Å². The van der Waals surface area contributed by atoms with E-state index in [0.29, 0.717) is 19.3 Å². The Kier molecular flexibility index (Phi) is 63.6. The number of rotatable bonds is 63. The fraction of sp³-hybridized carbons (Fsp3) is 0.845. The van der Waals surface area contributed by atoms with Crippen molar-refractivity contribution in [3.63, 3.8) is 0 Å². The molecule has 0 bridgehead atoms. The Balaban J connectivity index is 4.34. The van der Waals surface area contributed by atoms with Crippen molar-refractivity contribution in [1.82, 2.24) is 0 Å². The molecule has 0 aromatic rings. The zero-order valence-corrected chi connectivity index (χ0v) is 51.7. The van der Waals surface area contributed by atoms with Crippen molar-refractivity contribution in [2.24, 2.45) is 0 Å². The van der Waals surface area contributed by atoms with Crippen LogP contribution < -0.4 is 0 Å². The first-order valence-corrected chi connectivity index (χ1v) is 34.1. The highest BCUT2D eigenvalue weighted by atomic mass is 16.6. The van der Waals surface area contributed by atoms with Crippen molar-refractivity contribution >= 4 is 17.9 Å². The SMILES string of the molecule is CCCCC/C=C\C/C=C\CCCCCCCCCCCC(=O)OC[C@H](COC(=O)CCCCCCCCCCCCC/C=C\CCCCCCCC)OC(=O)CCCCCCCCCCC/C=C\CCCCCCCC. The molecule has 0 N–H and O–H groups in total. The molecule has 6 nitrogen and oxygen atoms in total. The van der Waals surface area contributed by atoms with Gasteiger partial charge in [0, 0.05) is 19.3 Å². The van der Waals surface area contributed by atoms with Gasteiger partial charge in [-0.2, -0.15) is 0 Å². The Bertz CT molecular complexity index is 1330. The molecule has 0 rings (SSSR count). The molecule has 1 atom stereocenters. The molecule has 0 saturated carbocycles. The average molecular weight is 1080 g/mol. The number of hydrogen-bond donors (Lipinski definition) is 0. The molecule has 0 aromatic carbocycles. The lowest BCUT2D eigenvalue weighted by atomic mass is 10.0. The molecular weight excluding hydrogens is 949 g/mol. The predicted molar refractivity (Wildman–Crippen MR) is 335 cm³/mol. The van der Waals surface area contributed by atoms with Gasteiger partial charge >= 0.3 is 17.9 Å². The number of carbonyl (C=O) groups is 3. The summed E-state index contributed by atoms with van der Waals surface area (Å²) in [7, 11) is 0. The fourth-order valence-corrected chi connectivity index (χ4v) is 10.1. The van der Waals surface area contributed by atoms with E-state index in [1.807, 2.05) is 0 Å². The van der Waals surface area contributed by atoms with Crippen molar-refractivity contribution in [2.45, 2.75) is 374 Å². The molecule has 450 valence electrons. The van der Waals surface area contributed by atoms with Gasteiger partial charge in [0.25, 0.3) is 0 Å². The molecule has 0 aliphatic carbocycles. The molecule has 0 heterocycles. The first kappa shape index (κ1) is 74.4. The van der Waals surface area contributed by atoms with E-state index in [1.165, 1.54) is 263 Å². The van der Waals surface area contributed by atoms with Gasteiger partial charge in [0.05, 0.1) is 0 Å². The molecule has 77 heavy (non-hydrogen) atoms. The topological polar surface area (TPSA) is 78.9 Å². The van der Waals surface area contributed by atoms with Crippen LogP contribution >= 0.6 is 0 Å². The summed E-state index contributed by atoms with van der Waals surface area (Å²) < 4.78 is 17.0. The quantitative estimate of drug-likeness (QED) is 0.0261. The Morgan fingerprint density at radius 2 is 0.468 bits per heavy atom. The van der Waals surface area contributed by atoms with Crippen LogP contribution in [0.5, 0.6) is 0 Å². The second kappa shape index (κ2) is 65.9. The van der Waals surface area contributed by atoms with Crippen molar-refractivity contribution in [1.29, 1.82) is 0 Å². The summed E-state index contributed by atoms with van der Waals surface area (Å²) in [6, 6.07) is 0. The minimum Gasteiger partial charge on any atom is -0.462 e. The molecule has 0 fully saturated rings. The fourth-order valence-electron chi connectivity index (χ4n) is 10.1. The normalized spacial score (nSPS) is 12.3. The van der Waals surface area contributed by atoms with Crippen LogP contribution in [0.3, 0.4) is 0 Å². The summed E-state index contributed by atoms with van der Waals surface area (Å²) >= 11 is 0. The first-order valence-electron chi connectivity index (χ1n) is 34.1. The van der Waals surface area contributed by atoms with E-state index < -0.39 is 6.10 Å². The number of hydrogen-bond acceptors (Lipinski definition) is 6. The third-order valence-electron chi connectivity index (χ3n) is 15.3. The van der Waals surface area contributed by atoms with Crippen molar-refractivity contribution in [3.05, 3.63) is 48.6 Å². The molecule has 0 unspecified atom stereocenters. The van der Waals surface area contributed by atoms with E-state index in [1.54, 1.807) is 0 Å². The first-order chi connectivity index (χ1) is 38.0. The Morgan fingerprint density at radius 3 is 0.753 bits per heavy atom. The largest absolute Gasteiger partial charge is 0.462 e. The van der Waals surface area contributed by atoms with E-state index in [-0.39, 0.29) is 31.1 Å². The van der Waals surface area contributed by atoms with Gasteiger partial charge in [-0.3, -0.25) is 14.4 Å². The molecular formula is C71H130O6. The molecule has 0 spiro atoms. The molecule has 6 heteroatoms. The second-order valence-corrected chi connectivity index (χ2v) is 23.1. The Morgan fingerprint density at radius 1 is 0.260 bits per heavy atom. The van der Waals surface area contributed by atoms with Crippen LogP contribution in [0, 0.1) is 0 Å². The standard InChI is InChI=1S/C71H130O6/c1-4-7-10-13-16-19-22-25-28-31-34-35-38-40-43-46-49-52-55-58-61-64-70(73)76-67-68(77-71(74)65-62-59-56-53-50-47-44-41-37-33-30-27-24-21-18-15-12-9-6-3)66-75-69(72)63-60-57-54-51-48-45-42-39-36-32-29-26-23-20-17-14-11-8-5-2/h17,20,25-30,68H,4-16,18-19,21-24,31-67H2,1-3H3/b20-17-,28-25-,29-26-,30-27-/t68-/m1/s1. The van der Waals surface area contributed by atoms with Gasteiger partial charge in [0.15, 0.2) is 6.10 Å². The maximum Gasteiger partial charge on any atom is 0.306 e. The zero-order valence-electron chi connectivity index (χ0n) is 51.7. The van der Waals surface area contributed by atoms with Crippen molar-refractivity contribution < 1.29 is 28.6 Å². The lowest BCUT2D eigenvalue weighted by molar-refractivity contribution is -0.167. The molecule has 0 aromatic heterocycles. The van der Waals surface area contributed by atoms with Gasteiger partial charge in [-0.15, -0.1) is 0 Å². The van der Waals surface area contributed by atoms with E-state index in [2.05, 4.69) is 69.4 Å². The van der Waals surface area contributed by atoms with E-state index in [0.717, 1.165) is 64.2 Å². The van der Waals surface area contributed by atoms with Crippen LogP contribution in [0.1, 0.15) is 367 Å². The van der Waals surface area contributed by atoms with E-state index in [4.69, 9.17) is 14.2 Å². The molecule has 0 saturated heterocycles. The monoisotopic (exact) mass is 1080 g/mol. The average Bonchev–Trinajstić information content (AvgIpc) is 3.43. The summed E-state index contributed by atoms with van der Waals surface area (Å²) in [4.78, 5) is 38.4. The van der Waals surface area contributed by atoms with E-state index >= 15 is 0 Å². The van der Waals surface area contributed by atoms with E-state index in [9.17, 15) is 14.4 Å². The summed E-state index contributed by atoms with van der Waals surface area (Å²) in [6.45, 7) is 6.66. The van der Waals surface area contributed by atoms with Crippen molar-refractivity contribution in [2.75, 3.05) is 13.2 Å². The predicted octanol–water partition coefficient (Wildman–Crippen LogP) is 23.3. The van der Waals surface area contributed by atoms with Gasteiger partial charge < -0.3 is 14.2 Å². The minimum atomic E-state index is -0.777. The summed E-state index contributed by atoms with van der Waals surface area (Å²) in [5, 5.41) is 0. The Labute approximate surface area is 479 Å². The van der Waals surface area contributed by atoms with Crippen LogP contribution in [0.4, 0.5) is 0 Å². The smallest absolute Gasteiger partial charge is 0.306 e. The highest BCUT2D eigenvalue weighted by molar-refractivity contribution is 5.71.